The Kier molecular flexibility index (Phi) is 6.55. The van der Waals surface area contributed by atoms with Crippen LogP contribution in [0.5, 0.6) is 0 Å². The van der Waals surface area contributed by atoms with Crippen molar-refractivity contribution in [1.29, 1.82) is 0 Å². The van der Waals surface area contributed by atoms with Gasteiger partial charge in [-0.05, 0) is 50.2 Å². The van der Waals surface area contributed by atoms with Crippen LogP contribution in [0.3, 0.4) is 0 Å². The third-order valence-corrected chi connectivity index (χ3v) is 6.80. The van der Waals surface area contributed by atoms with Gasteiger partial charge in [0.25, 0.3) is 10.0 Å². The van der Waals surface area contributed by atoms with Gasteiger partial charge in [-0.1, -0.05) is 31.6 Å². The summed E-state index contributed by atoms with van der Waals surface area (Å²) in [6.07, 6.45) is 0. The Bertz CT molecular complexity index is 1100. The van der Waals surface area contributed by atoms with E-state index in [1.807, 2.05) is 19.6 Å². The number of hydrogen-bond acceptors (Lipinski definition) is 3. The molecule has 0 radical (unpaired) electrons. The topological polar surface area (TPSA) is 80.5 Å². The van der Waals surface area contributed by atoms with Crippen LogP contribution in [0.25, 0.3) is 0 Å². The van der Waals surface area contributed by atoms with Crippen molar-refractivity contribution in [3.8, 4) is 11.5 Å². The molecule has 8 heteroatoms. The maximum absolute atomic E-state index is 14.3. The molecule has 2 aromatic rings. The van der Waals surface area contributed by atoms with Gasteiger partial charge in [-0.15, -0.1) is 5.54 Å². The van der Waals surface area contributed by atoms with E-state index in [2.05, 4.69) is 11.5 Å². The number of carbonyl (C=O) groups is 1. The molecule has 0 saturated carbocycles. The first-order chi connectivity index (χ1) is 13.3. The Labute approximate surface area is 172 Å². The number of primary amides is 1. The number of benzene rings is 2. The van der Waals surface area contributed by atoms with Crippen LogP contribution < -0.4 is 10.0 Å². The lowest BCUT2D eigenvalue weighted by molar-refractivity contribution is 0.1000. The number of amides is 1. The largest absolute Gasteiger partial charge is 0.366 e. The van der Waals surface area contributed by atoms with Crippen molar-refractivity contribution < 1.29 is 17.6 Å². The summed E-state index contributed by atoms with van der Waals surface area (Å²) in [4.78, 5) is 11.4. The zero-order valence-electron chi connectivity index (χ0n) is 17.2. The van der Waals surface area contributed by atoms with E-state index in [0.717, 1.165) is 0 Å². The Balaban J connectivity index is 2.61. The molecule has 0 saturated heterocycles. The van der Waals surface area contributed by atoms with Crippen molar-refractivity contribution >= 4 is 29.7 Å². The average molecular weight is 433 g/mol. The first-order valence-electron chi connectivity index (χ1n) is 9.10. The van der Waals surface area contributed by atoms with Crippen LogP contribution in [0.15, 0.2) is 47.4 Å². The molecule has 1 amide bonds. The summed E-state index contributed by atoms with van der Waals surface area (Å²) in [7, 11) is -5.76. The van der Waals surface area contributed by atoms with Gasteiger partial charge in [0.1, 0.15) is 13.9 Å². The van der Waals surface area contributed by atoms with Crippen LogP contribution in [0, 0.1) is 17.3 Å². The molecule has 2 aromatic carbocycles. The normalized spacial score (nSPS) is 11.7. The van der Waals surface area contributed by atoms with E-state index >= 15 is 0 Å². The standard InChI is InChI=1S/C21H25FN2O3SSi/c1-15(2)24(28(26,27)19-8-6-7-17(14-19)21(23)25)18-9-10-20(22)16(13-18)11-12-29(3,4)5/h6-10,13-15H,1-5H3,(H2,23,25). The smallest absolute Gasteiger partial charge is 0.264 e. The lowest BCUT2D eigenvalue weighted by Crippen LogP contribution is -2.37. The number of nitrogens with two attached hydrogens (primary N) is 1. The molecule has 0 heterocycles. The fraction of sp³-hybridized carbons (Fsp3) is 0.286. The summed E-state index contributed by atoms with van der Waals surface area (Å²) < 4.78 is 42.1. The second-order valence-corrected chi connectivity index (χ2v) is 14.5. The van der Waals surface area contributed by atoms with E-state index in [1.54, 1.807) is 13.8 Å². The number of nitrogens with zero attached hydrogens (tertiary/aromatic N) is 1. The van der Waals surface area contributed by atoms with Crippen LogP contribution >= 0.6 is 0 Å². The average Bonchev–Trinajstić information content (AvgIpc) is 2.61. The molecule has 5 nitrogen and oxygen atoms in total. The van der Waals surface area contributed by atoms with Gasteiger partial charge in [0.15, 0.2) is 0 Å². The highest BCUT2D eigenvalue weighted by Gasteiger charge is 2.28. The van der Waals surface area contributed by atoms with E-state index in [4.69, 9.17) is 5.73 Å². The van der Waals surface area contributed by atoms with Crippen LogP contribution in [0.1, 0.15) is 29.8 Å². The Hall–Kier alpha value is -2.63. The fourth-order valence-electron chi connectivity index (χ4n) is 2.64. The van der Waals surface area contributed by atoms with Crippen molar-refractivity contribution in [3.63, 3.8) is 0 Å². The van der Waals surface area contributed by atoms with E-state index < -0.39 is 35.9 Å². The molecule has 0 aromatic heterocycles. The van der Waals surface area contributed by atoms with Crippen LogP contribution in [0.4, 0.5) is 10.1 Å². The number of carbonyl (C=O) groups excluding carboxylic acids is 1. The molecular formula is C21H25FN2O3SSi. The van der Waals surface area contributed by atoms with Crippen molar-refractivity contribution in [2.75, 3.05) is 4.31 Å². The van der Waals surface area contributed by atoms with Gasteiger partial charge in [0.2, 0.25) is 5.91 Å². The maximum Gasteiger partial charge on any atom is 0.264 e. The highest BCUT2D eigenvalue weighted by atomic mass is 32.2. The van der Waals surface area contributed by atoms with Gasteiger partial charge >= 0.3 is 0 Å². The molecule has 2 rings (SSSR count). The summed E-state index contributed by atoms with van der Waals surface area (Å²) in [6.45, 7) is 9.55. The third kappa shape index (κ3) is 5.46. The minimum absolute atomic E-state index is 0.0680. The Morgan fingerprint density at radius 1 is 1.14 bits per heavy atom. The molecule has 0 atom stereocenters. The summed E-state index contributed by atoms with van der Waals surface area (Å²) in [5.41, 5.74) is 8.91. The molecule has 0 bridgehead atoms. The minimum atomic E-state index is -4.02. The number of anilines is 1. The lowest BCUT2D eigenvalue weighted by Gasteiger charge is -2.28. The van der Waals surface area contributed by atoms with Crippen molar-refractivity contribution in [1.82, 2.24) is 0 Å². The van der Waals surface area contributed by atoms with E-state index in [9.17, 15) is 17.6 Å². The predicted octanol–water partition coefficient (Wildman–Crippen LogP) is 3.76. The molecule has 29 heavy (non-hydrogen) atoms. The molecule has 2 N–H and O–H groups in total. The van der Waals surface area contributed by atoms with Gasteiger partial charge in [-0.3, -0.25) is 9.10 Å². The predicted molar refractivity (Wildman–Crippen MR) is 116 cm³/mol. The quantitative estimate of drug-likeness (QED) is 0.577. The van der Waals surface area contributed by atoms with Gasteiger partial charge in [0, 0.05) is 11.6 Å². The Morgan fingerprint density at radius 3 is 2.34 bits per heavy atom. The highest BCUT2D eigenvalue weighted by molar-refractivity contribution is 7.92. The van der Waals surface area contributed by atoms with E-state index in [-0.39, 0.29) is 16.0 Å². The molecule has 0 aliphatic rings. The summed E-state index contributed by atoms with van der Waals surface area (Å²) in [6, 6.07) is 9.15. The van der Waals surface area contributed by atoms with Crippen molar-refractivity contribution in [2.45, 2.75) is 44.4 Å². The number of rotatable bonds is 5. The van der Waals surface area contributed by atoms with Crippen LogP contribution in [-0.4, -0.2) is 28.4 Å². The summed E-state index contributed by atoms with van der Waals surface area (Å²) in [5.74, 6) is 1.63. The molecule has 0 spiro atoms. The maximum atomic E-state index is 14.3. The van der Waals surface area contributed by atoms with Crippen molar-refractivity contribution in [3.05, 3.63) is 59.4 Å². The van der Waals surface area contributed by atoms with Gasteiger partial charge in [0.05, 0.1) is 16.1 Å². The third-order valence-electron chi connectivity index (χ3n) is 3.92. The molecule has 0 unspecified atom stereocenters. The zero-order valence-corrected chi connectivity index (χ0v) is 19.0. The van der Waals surface area contributed by atoms with Gasteiger partial charge in [-0.25, -0.2) is 12.8 Å². The highest BCUT2D eigenvalue weighted by Crippen LogP contribution is 2.28. The summed E-state index contributed by atoms with van der Waals surface area (Å²) >= 11 is 0. The lowest BCUT2D eigenvalue weighted by atomic mass is 10.2. The number of hydrogen-bond donors (Lipinski definition) is 1. The van der Waals surface area contributed by atoms with Crippen molar-refractivity contribution in [2.24, 2.45) is 5.73 Å². The SMILES string of the molecule is CC(C)N(c1ccc(F)c(C#C[Si](C)(C)C)c1)S(=O)(=O)c1cccc(C(N)=O)c1. The van der Waals surface area contributed by atoms with Crippen LogP contribution in [0.2, 0.25) is 19.6 Å². The zero-order chi connectivity index (χ0) is 22.0. The van der Waals surface area contributed by atoms with Gasteiger partial charge in [-0.2, -0.15) is 0 Å². The molecule has 154 valence electrons. The van der Waals surface area contributed by atoms with Gasteiger partial charge < -0.3 is 5.73 Å². The second kappa shape index (κ2) is 8.39. The molecular weight excluding hydrogens is 407 g/mol. The van der Waals surface area contributed by atoms with E-state index in [0.29, 0.717) is 5.69 Å². The summed E-state index contributed by atoms with van der Waals surface area (Å²) in [5, 5.41) is 0. The first kappa shape index (κ1) is 22.7. The fourth-order valence-corrected chi connectivity index (χ4v) is 4.85. The van der Waals surface area contributed by atoms with E-state index in [1.165, 1.54) is 46.8 Å². The number of sulfonamides is 1. The first-order valence-corrected chi connectivity index (χ1v) is 14.0. The monoisotopic (exact) mass is 432 g/mol. The molecule has 0 aliphatic heterocycles. The van der Waals surface area contributed by atoms with Crippen LogP contribution in [-0.2, 0) is 10.0 Å². The Morgan fingerprint density at radius 2 is 1.79 bits per heavy atom. The minimum Gasteiger partial charge on any atom is -0.366 e. The molecule has 0 aliphatic carbocycles. The number of halogens is 1. The second-order valence-electron chi connectivity index (χ2n) is 7.95. The molecule has 0 fully saturated rings.